The highest BCUT2D eigenvalue weighted by molar-refractivity contribution is 9.10. The minimum Gasteiger partial charge on any atom is -0.398 e. The molecule has 0 aliphatic heterocycles. The predicted molar refractivity (Wildman–Crippen MR) is 75.2 cm³/mol. The second kappa shape index (κ2) is 5.33. The Morgan fingerprint density at radius 1 is 1.41 bits per heavy atom. The Morgan fingerprint density at radius 2 is 2.24 bits per heavy atom. The summed E-state index contributed by atoms with van der Waals surface area (Å²) < 4.78 is 0.828. The first kappa shape index (κ1) is 12.1. The van der Waals surface area contributed by atoms with E-state index in [0.29, 0.717) is 17.8 Å². The van der Waals surface area contributed by atoms with E-state index < -0.39 is 0 Å². The number of nitrogens with one attached hydrogen (secondary N) is 1. The Balaban J connectivity index is 2.00. The fourth-order valence-corrected chi connectivity index (χ4v) is 2.35. The summed E-state index contributed by atoms with van der Waals surface area (Å²) in [5.41, 5.74) is 7.06. The Kier molecular flexibility index (Phi) is 3.81. The normalized spacial score (nSPS) is 10.2. The number of nitrogens with two attached hydrogens (primary N) is 1. The fourth-order valence-electron chi connectivity index (χ4n) is 1.40. The Bertz CT molecular complexity index is 525. The zero-order chi connectivity index (χ0) is 12.3. The van der Waals surface area contributed by atoms with E-state index in [2.05, 4.69) is 21.2 Å². The smallest absolute Gasteiger partial charge is 0.229 e. The van der Waals surface area contributed by atoms with Gasteiger partial charge in [-0.25, -0.2) is 0 Å². The number of nitrogen functional groups attached to an aromatic ring is 1. The Hall–Kier alpha value is -1.33. The molecule has 0 fully saturated rings. The number of hydrogen-bond acceptors (Lipinski definition) is 3. The molecule has 3 N–H and O–H groups in total. The van der Waals surface area contributed by atoms with Crippen LogP contribution in [0.25, 0.3) is 0 Å². The molecule has 0 saturated heterocycles. The number of carbonyl (C=O) groups is 1. The number of amides is 1. The summed E-state index contributed by atoms with van der Waals surface area (Å²) in [6.45, 7) is 0. The van der Waals surface area contributed by atoms with Crippen molar-refractivity contribution in [3.63, 3.8) is 0 Å². The number of rotatable bonds is 3. The number of hydrogen-bond donors (Lipinski definition) is 2. The van der Waals surface area contributed by atoms with E-state index in [-0.39, 0.29) is 5.91 Å². The van der Waals surface area contributed by atoms with Gasteiger partial charge in [-0.05, 0) is 45.6 Å². The van der Waals surface area contributed by atoms with Crippen LogP contribution in [-0.2, 0) is 11.2 Å². The van der Waals surface area contributed by atoms with E-state index in [1.807, 2.05) is 29.6 Å². The highest BCUT2D eigenvalue weighted by Gasteiger charge is 2.05. The molecule has 1 amide bonds. The van der Waals surface area contributed by atoms with Gasteiger partial charge in [-0.15, -0.1) is 11.3 Å². The first-order valence-corrected chi connectivity index (χ1v) is 6.69. The summed E-state index contributed by atoms with van der Waals surface area (Å²) >= 11 is 4.88. The summed E-state index contributed by atoms with van der Waals surface area (Å²) in [4.78, 5) is 12.8. The largest absolute Gasteiger partial charge is 0.398 e. The quantitative estimate of drug-likeness (QED) is 0.855. The topological polar surface area (TPSA) is 55.1 Å². The number of benzene rings is 1. The maximum absolute atomic E-state index is 11.7. The minimum absolute atomic E-state index is 0.0332. The molecule has 0 unspecified atom stereocenters. The van der Waals surface area contributed by atoms with Gasteiger partial charge in [-0.3, -0.25) is 4.79 Å². The predicted octanol–water partition coefficient (Wildman–Crippen LogP) is 3.27. The van der Waals surface area contributed by atoms with Crippen LogP contribution in [0, 0.1) is 0 Å². The third-order valence-corrected chi connectivity index (χ3v) is 3.79. The van der Waals surface area contributed by atoms with Crippen LogP contribution in [0.4, 0.5) is 11.4 Å². The summed E-state index contributed by atoms with van der Waals surface area (Å²) in [7, 11) is 0. The van der Waals surface area contributed by atoms with Crippen molar-refractivity contribution in [2.24, 2.45) is 0 Å². The van der Waals surface area contributed by atoms with Crippen LogP contribution in [0.2, 0.25) is 0 Å². The van der Waals surface area contributed by atoms with E-state index in [0.717, 1.165) is 9.35 Å². The lowest BCUT2D eigenvalue weighted by atomic mass is 10.2. The molecule has 0 saturated carbocycles. The molecule has 0 spiro atoms. The Morgan fingerprint density at radius 3 is 2.88 bits per heavy atom. The van der Waals surface area contributed by atoms with Gasteiger partial charge in [0.05, 0.1) is 6.42 Å². The molecule has 17 heavy (non-hydrogen) atoms. The molecule has 0 radical (unpaired) electrons. The molecule has 2 rings (SSSR count). The van der Waals surface area contributed by atoms with Gasteiger partial charge in [0.2, 0.25) is 5.91 Å². The minimum atomic E-state index is -0.0332. The number of thiophene rings is 1. The third-order valence-electron chi connectivity index (χ3n) is 2.19. The van der Waals surface area contributed by atoms with Crippen LogP contribution < -0.4 is 11.1 Å². The van der Waals surface area contributed by atoms with Crippen LogP contribution in [-0.4, -0.2) is 5.91 Å². The van der Waals surface area contributed by atoms with E-state index >= 15 is 0 Å². The zero-order valence-electron chi connectivity index (χ0n) is 8.94. The lowest BCUT2D eigenvalue weighted by Gasteiger charge is -2.06. The molecule has 0 bridgehead atoms. The fraction of sp³-hybridized carbons (Fsp3) is 0.0833. The average molecular weight is 311 g/mol. The molecule has 0 aliphatic rings. The number of carbonyl (C=O) groups excluding carboxylic acids is 1. The van der Waals surface area contributed by atoms with E-state index in [4.69, 9.17) is 5.73 Å². The molecule has 5 heteroatoms. The van der Waals surface area contributed by atoms with Crippen LogP contribution in [0.15, 0.2) is 40.2 Å². The molecule has 1 heterocycles. The van der Waals surface area contributed by atoms with Gasteiger partial charge in [0.15, 0.2) is 0 Å². The van der Waals surface area contributed by atoms with Gasteiger partial charge in [-0.2, -0.15) is 0 Å². The molecular weight excluding hydrogens is 300 g/mol. The molecule has 1 aromatic carbocycles. The lowest BCUT2D eigenvalue weighted by Crippen LogP contribution is -2.13. The van der Waals surface area contributed by atoms with E-state index in [1.165, 1.54) is 0 Å². The van der Waals surface area contributed by atoms with Crippen molar-refractivity contribution < 1.29 is 4.79 Å². The van der Waals surface area contributed by atoms with Gasteiger partial charge in [0, 0.05) is 20.7 Å². The summed E-state index contributed by atoms with van der Waals surface area (Å²) in [5.74, 6) is -0.0332. The molecular formula is C12H11BrN2OS. The Labute approximate surface area is 112 Å². The van der Waals surface area contributed by atoms with Gasteiger partial charge < -0.3 is 11.1 Å². The molecule has 1 aromatic heterocycles. The first-order valence-electron chi connectivity index (χ1n) is 5.02. The first-order chi connectivity index (χ1) is 8.15. The highest BCUT2D eigenvalue weighted by atomic mass is 79.9. The van der Waals surface area contributed by atoms with Crippen molar-refractivity contribution in [3.05, 3.63) is 45.1 Å². The maximum atomic E-state index is 11.7. The molecule has 88 valence electrons. The summed E-state index contributed by atoms with van der Waals surface area (Å²) in [6, 6.07) is 9.24. The van der Waals surface area contributed by atoms with Crippen LogP contribution in [0.5, 0.6) is 0 Å². The third kappa shape index (κ3) is 3.31. The van der Waals surface area contributed by atoms with Crippen molar-refractivity contribution in [1.29, 1.82) is 0 Å². The standard InChI is InChI=1S/C12H11BrN2OS/c13-10-4-3-8(6-11(10)14)15-12(16)7-9-2-1-5-17-9/h1-6H,7,14H2,(H,15,16). The molecule has 2 aromatic rings. The van der Waals surface area contributed by atoms with Crippen molar-refractivity contribution in [2.45, 2.75) is 6.42 Å². The highest BCUT2D eigenvalue weighted by Crippen LogP contribution is 2.23. The summed E-state index contributed by atoms with van der Waals surface area (Å²) in [6.07, 6.45) is 0.396. The number of anilines is 2. The van der Waals surface area contributed by atoms with E-state index in [1.54, 1.807) is 17.4 Å². The summed E-state index contributed by atoms with van der Waals surface area (Å²) in [5, 5.41) is 4.77. The van der Waals surface area contributed by atoms with Crippen LogP contribution in [0.1, 0.15) is 4.88 Å². The van der Waals surface area contributed by atoms with Crippen LogP contribution >= 0.6 is 27.3 Å². The monoisotopic (exact) mass is 310 g/mol. The van der Waals surface area contributed by atoms with Gasteiger partial charge in [-0.1, -0.05) is 6.07 Å². The molecule has 3 nitrogen and oxygen atoms in total. The van der Waals surface area contributed by atoms with Crippen molar-refractivity contribution in [3.8, 4) is 0 Å². The average Bonchev–Trinajstić information content (AvgIpc) is 2.76. The second-order valence-electron chi connectivity index (χ2n) is 3.54. The van der Waals surface area contributed by atoms with Gasteiger partial charge in [0.25, 0.3) is 0 Å². The van der Waals surface area contributed by atoms with E-state index in [9.17, 15) is 4.79 Å². The van der Waals surface area contributed by atoms with Crippen molar-refractivity contribution in [2.75, 3.05) is 11.1 Å². The van der Waals surface area contributed by atoms with Gasteiger partial charge >= 0.3 is 0 Å². The zero-order valence-corrected chi connectivity index (χ0v) is 11.3. The van der Waals surface area contributed by atoms with Crippen LogP contribution in [0.3, 0.4) is 0 Å². The van der Waals surface area contributed by atoms with Gasteiger partial charge in [0.1, 0.15) is 0 Å². The van der Waals surface area contributed by atoms with Crippen molar-refractivity contribution in [1.82, 2.24) is 0 Å². The second-order valence-corrected chi connectivity index (χ2v) is 5.43. The maximum Gasteiger partial charge on any atom is 0.229 e. The molecule has 0 aliphatic carbocycles. The lowest BCUT2D eigenvalue weighted by molar-refractivity contribution is -0.115. The molecule has 0 atom stereocenters. The SMILES string of the molecule is Nc1cc(NC(=O)Cc2cccs2)ccc1Br. The van der Waals surface area contributed by atoms with Crippen molar-refractivity contribution >= 4 is 44.5 Å². The number of halogens is 1.